The Morgan fingerprint density at radius 2 is 2.00 bits per heavy atom. The lowest BCUT2D eigenvalue weighted by Crippen LogP contribution is -2.41. The number of thioether (sulfide) groups is 1. The van der Waals surface area contributed by atoms with Crippen molar-refractivity contribution in [1.82, 2.24) is 10.6 Å². The maximum atomic E-state index is 5.34. The van der Waals surface area contributed by atoms with Crippen LogP contribution in [0.1, 0.15) is 26.2 Å². The quantitative estimate of drug-likeness (QED) is 0.262. The van der Waals surface area contributed by atoms with Gasteiger partial charge in [-0.05, 0) is 38.3 Å². The molecule has 1 aliphatic rings. The Hall–Kier alpha value is -0.470. The number of nitrogens with zero attached hydrogens (tertiary/aromatic N) is 1. The van der Waals surface area contributed by atoms with Crippen molar-refractivity contribution in [3.8, 4) is 0 Å². The van der Waals surface area contributed by atoms with Gasteiger partial charge in [0.1, 0.15) is 0 Å². The zero-order chi connectivity index (χ0) is 15.7. The van der Waals surface area contributed by atoms with Gasteiger partial charge < -0.3 is 15.4 Å². The average Bonchev–Trinajstić information content (AvgIpc) is 3.31. The smallest absolute Gasteiger partial charge is 0.191 e. The van der Waals surface area contributed by atoms with Crippen molar-refractivity contribution >= 4 is 41.7 Å². The summed E-state index contributed by atoms with van der Waals surface area (Å²) in [7, 11) is 1.82. The summed E-state index contributed by atoms with van der Waals surface area (Å²) in [5.74, 6) is 0.886. The van der Waals surface area contributed by atoms with E-state index in [1.165, 1.54) is 17.7 Å². The summed E-state index contributed by atoms with van der Waals surface area (Å²) in [6.07, 6.45) is 3.53. The zero-order valence-corrected chi connectivity index (χ0v) is 17.2. The van der Waals surface area contributed by atoms with E-state index in [9.17, 15) is 0 Å². The average molecular weight is 449 g/mol. The van der Waals surface area contributed by atoms with E-state index < -0.39 is 0 Å². The second-order valence-corrected chi connectivity index (χ2v) is 7.04. The molecule has 0 radical (unpaired) electrons. The Morgan fingerprint density at radius 3 is 2.61 bits per heavy atom. The van der Waals surface area contributed by atoms with Crippen LogP contribution >= 0.6 is 35.7 Å². The topological polar surface area (TPSA) is 45.6 Å². The molecule has 23 heavy (non-hydrogen) atoms. The van der Waals surface area contributed by atoms with Crippen LogP contribution in [0.2, 0.25) is 0 Å². The van der Waals surface area contributed by atoms with E-state index in [0.717, 1.165) is 38.7 Å². The lowest BCUT2D eigenvalue weighted by molar-refractivity contribution is 0.145. The van der Waals surface area contributed by atoms with Crippen LogP contribution < -0.4 is 10.6 Å². The van der Waals surface area contributed by atoms with Crippen molar-refractivity contribution in [2.45, 2.75) is 35.8 Å². The van der Waals surface area contributed by atoms with Crippen molar-refractivity contribution in [3.63, 3.8) is 0 Å². The van der Waals surface area contributed by atoms with Gasteiger partial charge in [-0.15, -0.1) is 35.7 Å². The molecule has 1 aromatic rings. The fourth-order valence-corrected chi connectivity index (χ4v) is 3.43. The Labute approximate surface area is 161 Å². The molecule has 6 heteroatoms. The molecule has 0 saturated heterocycles. The summed E-state index contributed by atoms with van der Waals surface area (Å²) in [5, 5.41) is 6.80. The minimum Gasteiger partial charge on any atom is -0.382 e. The molecule has 0 unspecified atom stereocenters. The van der Waals surface area contributed by atoms with Crippen LogP contribution in [0.25, 0.3) is 0 Å². The third-order valence-corrected chi connectivity index (χ3v) is 5.14. The number of halogens is 1. The van der Waals surface area contributed by atoms with E-state index >= 15 is 0 Å². The van der Waals surface area contributed by atoms with Gasteiger partial charge in [0, 0.05) is 43.0 Å². The number of rotatable bonds is 9. The number of hydrogen-bond acceptors (Lipinski definition) is 3. The molecule has 2 N–H and O–H groups in total. The fraction of sp³-hybridized carbons (Fsp3) is 0.588. The Balaban J connectivity index is 0.00000264. The minimum atomic E-state index is 0. The van der Waals surface area contributed by atoms with Gasteiger partial charge in [-0.2, -0.15) is 0 Å². The molecule has 0 aliphatic heterocycles. The molecule has 0 atom stereocenters. The Morgan fingerprint density at radius 1 is 1.26 bits per heavy atom. The maximum Gasteiger partial charge on any atom is 0.191 e. The van der Waals surface area contributed by atoms with Crippen LogP contribution in [-0.4, -0.2) is 44.1 Å². The molecular formula is C17H28IN3OS. The van der Waals surface area contributed by atoms with E-state index in [4.69, 9.17) is 4.74 Å². The Kier molecular flexibility index (Phi) is 9.97. The van der Waals surface area contributed by atoms with E-state index in [2.05, 4.69) is 46.0 Å². The Bertz CT molecular complexity index is 466. The largest absolute Gasteiger partial charge is 0.382 e. The normalized spacial score (nSPS) is 15.7. The van der Waals surface area contributed by atoms with E-state index in [-0.39, 0.29) is 24.0 Å². The van der Waals surface area contributed by atoms with Gasteiger partial charge in [-0.1, -0.05) is 18.2 Å². The highest BCUT2D eigenvalue weighted by atomic mass is 127. The molecule has 1 saturated carbocycles. The van der Waals surface area contributed by atoms with Crippen molar-refractivity contribution in [3.05, 3.63) is 30.3 Å². The van der Waals surface area contributed by atoms with Gasteiger partial charge in [-0.25, -0.2) is 0 Å². The molecule has 0 bridgehead atoms. The van der Waals surface area contributed by atoms with E-state index in [0.29, 0.717) is 4.75 Å². The van der Waals surface area contributed by atoms with Crippen LogP contribution in [0.3, 0.4) is 0 Å². The van der Waals surface area contributed by atoms with Gasteiger partial charge in [0.15, 0.2) is 5.96 Å². The molecule has 0 amide bonds. The highest BCUT2D eigenvalue weighted by molar-refractivity contribution is 14.0. The lowest BCUT2D eigenvalue weighted by Gasteiger charge is -2.18. The van der Waals surface area contributed by atoms with Gasteiger partial charge in [0.05, 0.1) is 0 Å². The third-order valence-electron chi connectivity index (χ3n) is 3.65. The molecule has 2 rings (SSSR count). The van der Waals surface area contributed by atoms with Crippen LogP contribution in [0.4, 0.5) is 0 Å². The number of ether oxygens (including phenoxy) is 1. The summed E-state index contributed by atoms with van der Waals surface area (Å²) in [5.41, 5.74) is 0. The second-order valence-electron chi connectivity index (χ2n) is 5.50. The SMILES string of the molecule is CCOCCCNC(=NC)NCC1(Sc2ccccc2)CC1.I. The van der Waals surface area contributed by atoms with Crippen molar-refractivity contribution < 1.29 is 4.74 Å². The number of benzene rings is 1. The van der Waals surface area contributed by atoms with Gasteiger partial charge in [0.2, 0.25) is 0 Å². The van der Waals surface area contributed by atoms with Crippen LogP contribution in [0.5, 0.6) is 0 Å². The van der Waals surface area contributed by atoms with Crippen LogP contribution in [0.15, 0.2) is 40.2 Å². The van der Waals surface area contributed by atoms with Crippen molar-refractivity contribution in [2.24, 2.45) is 4.99 Å². The molecule has 1 fully saturated rings. The molecule has 1 aliphatic carbocycles. The molecule has 130 valence electrons. The highest BCUT2D eigenvalue weighted by Gasteiger charge is 2.43. The summed E-state index contributed by atoms with van der Waals surface area (Å²) >= 11 is 1.98. The lowest BCUT2D eigenvalue weighted by atomic mass is 10.4. The van der Waals surface area contributed by atoms with Gasteiger partial charge in [0.25, 0.3) is 0 Å². The van der Waals surface area contributed by atoms with Gasteiger partial charge >= 0.3 is 0 Å². The molecular weight excluding hydrogens is 421 g/mol. The molecule has 1 aromatic carbocycles. The standard InChI is InChI=1S/C17H27N3OS.HI/c1-3-21-13-7-12-19-16(18-2)20-14-17(10-11-17)22-15-8-5-4-6-9-15;/h4-6,8-9H,3,7,10-14H2,1-2H3,(H2,18,19,20);1H. The number of nitrogens with one attached hydrogen (secondary N) is 2. The van der Waals surface area contributed by atoms with Gasteiger partial charge in [-0.3, -0.25) is 4.99 Å². The van der Waals surface area contributed by atoms with Crippen molar-refractivity contribution in [1.29, 1.82) is 0 Å². The molecule has 4 nitrogen and oxygen atoms in total. The first kappa shape index (κ1) is 20.6. The number of aliphatic imine (C=N–C) groups is 1. The predicted octanol–water partition coefficient (Wildman–Crippen LogP) is 3.52. The summed E-state index contributed by atoms with van der Waals surface area (Å²) in [6, 6.07) is 10.6. The molecule has 0 aromatic heterocycles. The minimum absolute atomic E-state index is 0. The molecule has 0 spiro atoms. The highest BCUT2D eigenvalue weighted by Crippen LogP contribution is 2.51. The second kappa shape index (κ2) is 11.1. The first-order valence-corrected chi connectivity index (χ1v) is 8.86. The zero-order valence-electron chi connectivity index (χ0n) is 14.0. The first-order valence-electron chi connectivity index (χ1n) is 8.04. The monoisotopic (exact) mass is 449 g/mol. The third kappa shape index (κ3) is 7.76. The summed E-state index contributed by atoms with van der Waals surface area (Å²) < 4.78 is 5.67. The summed E-state index contributed by atoms with van der Waals surface area (Å²) in [6.45, 7) is 5.45. The van der Waals surface area contributed by atoms with Crippen LogP contribution in [-0.2, 0) is 4.74 Å². The maximum absolute atomic E-state index is 5.34. The first-order chi connectivity index (χ1) is 10.8. The number of hydrogen-bond donors (Lipinski definition) is 2. The van der Waals surface area contributed by atoms with E-state index in [1.54, 1.807) is 0 Å². The number of guanidine groups is 1. The molecule has 0 heterocycles. The fourth-order valence-electron chi connectivity index (χ4n) is 2.18. The van der Waals surface area contributed by atoms with E-state index in [1.807, 2.05) is 25.7 Å². The summed E-state index contributed by atoms with van der Waals surface area (Å²) in [4.78, 5) is 5.64. The predicted molar refractivity (Wildman–Crippen MR) is 110 cm³/mol. The van der Waals surface area contributed by atoms with Crippen LogP contribution in [0, 0.1) is 0 Å². The van der Waals surface area contributed by atoms with Crippen molar-refractivity contribution in [2.75, 3.05) is 33.4 Å².